The normalized spacial score (nSPS) is 16.0. The Balaban J connectivity index is 1.61. The molecule has 0 atom stereocenters. The highest BCUT2D eigenvalue weighted by Gasteiger charge is 2.17. The summed E-state index contributed by atoms with van der Waals surface area (Å²) in [6.45, 7) is 7.43. The fraction of sp³-hybridized carbons (Fsp3) is 0.500. The van der Waals surface area contributed by atoms with Crippen molar-refractivity contribution in [2.75, 3.05) is 18.4 Å². The Morgan fingerprint density at radius 1 is 1.19 bits per heavy atom. The van der Waals surface area contributed by atoms with Crippen molar-refractivity contribution in [3.05, 3.63) is 47.8 Å². The minimum Gasteiger partial charge on any atom is -0.474 e. The van der Waals surface area contributed by atoms with Crippen LogP contribution in [0.3, 0.4) is 0 Å². The SMILES string of the molecule is CC(C)Oc1cncc(NCc2ccccc2CN2CCC(O)CC2)n1. The predicted octanol–water partition coefficient (Wildman–Crippen LogP) is 2.83. The highest BCUT2D eigenvalue weighted by Crippen LogP contribution is 2.18. The molecule has 0 bridgehead atoms. The summed E-state index contributed by atoms with van der Waals surface area (Å²) in [5.74, 6) is 1.24. The van der Waals surface area contributed by atoms with E-state index in [2.05, 4.69) is 44.5 Å². The van der Waals surface area contributed by atoms with Gasteiger partial charge < -0.3 is 15.2 Å². The lowest BCUT2D eigenvalue weighted by Crippen LogP contribution is -2.35. The molecule has 26 heavy (non-hydrogen) atoms. The Hall–Kier alpha value is -2.18. The maximum Gasteiger partial charge on any atom is 0.234 e. The number of hydrogen-bond acceptors (Lipinski definition) is 6. The van der Waals surface area contributed by atoms with Crippen molar-refractivity contribution in [3.8, 4) is 5.88 Å². The van der Waals surface area contributed by atoms with E-state index in [4.69, 9.17) is 4.74 Å². The van der Waals surface area contributed by atoms with E-state index in [1.54, 1.807) is 12.4 Å². The first-order chi connectivity index (χ1) is 12.6. The van der Waals surface area contributed by atoms with Crippen molar-refractivity contribution < 1.29 is 9.84 Å². The largest absolute Gasteiger partial charge is 0.474 e. The van der Waals surface area contributed by atoms with Crippen molar-refractivity contribution in [3.63, 3.8) is 0 Å². The topological polar surface area (TPSA) is 70.5 Å². The van der Waals surface area contributed by atoms with Gasteiger partial charge in [-0.2, -0.15) is 4.98 Å². The zero-order valence-electron chi connectivity index (χ0n) is 15.6. The third-order valence-electron chi connectivity index (χ3n) is 4.50. The van der Waals surface area contributed by atoms with Crippen LogP contribution in [0.1, 0.15) is 37.8 Å². The van der Waals surface area contributed by atoms with Crippen LogP contribution in [0.4, 0.5) is 5.82 Å². The van der Waals surface area contributed by atoms with Crippen LogP contribution in [0, 0.1) is 0 Å². The summed E-state index contributed by atoms with van der Waals surface area (Å²) >= 11 is 0. The van der Waals surface area contributed by atoms with Gasteiger partial charge in [0.1, 0.15) is 5.82 Å². The number of aromatic nitrogens is 2. The van der Waals surface area contributed by atoms with Crippen LogP contribution in [0.2, 0.25) is 0 Å². The second-order valence-electron chi connectivity index (χ2n) is 7.04. The van der Waals surface area contributed by atoms with E-state index in [1.807, 2.05) is 13.8 Å². The second-order valence-corrected chi connectivity index (χ2v) is 7.04. The number of aliphatic hydroxyl groups excluding tert-OH is 1. The molecule has 140 valence electrons. The average Bonchev–Trinajstić information content (AvgIpc) is 2.63. The molecular formula is C20H28N4O2. The number of rotatable bonds is 7. The number of ether oxygens (including phenoxy) is 1. The number of likely N-dealkylation sites (tertiary alicyclic amines) is 1. The highest BCUT2D eigenvalue weighted by molar-refractivity contribution is 5.37. The number of nitrogens with zero attached hydrogens (tertiary/aromatic N) is 3. The van der Waals surface area contributed by atoms with Gasteiger partial charge in [0.2, 0.25) is 5.88 Å². The summed E-state index contributed by atoms with van der Waals surface area (Å²) in [4.78, 5) is 11.0. The van der Waals surface area contributed by atoms with Crippen molar-refractivity contribution in [1.29, 1.82) is 0 Å². The van der Waals surface area contributed by atoms with E-state index in [0.717, 1.165) is 32.5 Å². The molecule has 3 rings (SSSR count). The zero-order chi connectivity index (χ0) is 18.4. The van der Waals surface area contributed by atoms with E-state index in [-0.39, 0.29) is 12.2 Å². The number of hydrogen-bond donors (Lipinski definition) is 2. The van der Waals surface area contributed by atoms with Gasteiger partial charge in [-0.15, -0.1) is 0 Å². The number of aliphatic hydroxyl groups is 1. The van der Waals surface area contributed by atoms with Gasteiger partial charge in [-0.05, 0) is 37.8 Å². The first-order valence-electron chi connectivity index (χ1n) is 9.30. The highest BCUT2D eigenvalue weighted by atomic mass is 16.5. The van der Waals surface area contributed by atoms with Crippen molar-refractivity contribution in [1.82, 2.24) is 14.9 Å². The minimum absolute atomic E-state index is 0.0725. The Morgan fingerprint density at radius 3 is 2.65 bits per heavy atom. The van der Waals surface area contributed by atoms with Crippen molar-refractivity contribution in [2.24, 2.45) is 0 Å². The van der Waals surface area contributed by atoms with Gasteiger partial charge in [0.15, 0.2) is 0 Å². The summed E-state index contributed by atoms with van der Waals surface area (Å²) in [6.07, 6.45) is 4.99. The molecule has 0 saturated carbocycles. The molecule has 1 saturated heterocycles. The quantitative estimate of drug-likeness (QED) is 0.795. The molecule has 1 aromatic carbocycles. The van der Waals surface area contributed by atoms with Crippen LogP contribution in [0.25, 0.3) is 0 Å². The number of piperidine rings is 1. The molecule has 1 aromatic heterocycles. The smallest absolute Gasteiger partial charge is 0.234 e. The fourth-order valence-corrected chi connectivity index (χ4v) is 3.12. The standard InChI is InChI=1S/C20H28N4O2/c1-15(2)26-20-13-21-12-19(23-20)22-11-16-5-3-4-6-17(16)14-24-9-7-18(25)8-10-24/h3-6,12-13,15,18,25H,7-11,14H2,1-2H3,(H,22,23). The van der Waals surface area contributed by atoms with Crippen LogP contribution >= 0.6 is 0 Å². The van der Waals surface area contributed by atoms with E-state index in [1.165, 1.54) is 11.1 Å². The van der Waals surface area contributed by atoms with Gasteiger partial charge in [-0.1, -0.05) is 24.3 Å². The maximum absolute atomic E-state index is 9.68. The lowest BCUT2D eigenvalue weighted by atomic mass is 10.0. The molecule has 6 nitrogen and oxygen atoms in total. The Kier molecular flexibility index (Phi) is 6.41. The molecule has 2 N–H and O–H groups in total. The molecule has 2 heterocycles. The molecule has 0 aliphatic carbocycles. The third kappa shape index (κ3) is 5.41. The van der Waals surface area contributed by atoms with Crippen molar-refractivity contribution >= 4 is 5.82 Å². The van der Waals surface area contributed by atoms with E-state index < -0.39 is 0 Å². The summed E-state index contributed by atoms with van der Waals surface area (Å²) in [5.41, 5.74) is 2.55. The van der Waals surface area contributed by atoms with Crippen LogP contribution in [0.5, 0.6) is 5.88 Å². The molecule has 0 unspecified atom stereocenters. The minimum atomic E-state index is -0.137. The fourth-order valence-electron chi connectivity index (χ4n) is 3.12. The Bertz CT molecular complexity index is 700. The van der Waals surface area contributed by atoms with E-state index in [9.17, 15) is 5.11 Å². The first-order valence-corrected chi connectivity index (χ1v) is 9.30. The summed E-state index contributed by atoms with van der Waals surface area (Å²) in [6, 6.07) is 8.45. The van der Waals surface area contributed by atoms with Crippen LogP contribution in [-0.4, -0.2) is 45.3 Å². The number of benzene rings is 1. The van der Waals surface area contributed by atoms with Gasteiger partial charge in [-0.25, -0.2) is 0 Å². The van der Waals surface area contributed by atoms with Gasteiger partial charge >= 0.3 is 0 Å². The van der Waals surface area contributed by atoms with Crippen LogP contribution in [0.15, 0.2) is 36.7 Å². The molecule has 6 heteroatoms. The lowest BCUT2D eigenvalue weighted by molar-refractivity contribution is 0.0791. The molecule has 1 aliphatic heterocycles. The average molecular weight is 356 g/mol. The number of anilines is 1. The van der Waals surface area contributed by atoms with Crippen LogP contribution in [-0.2, 0) is 13.1 Å². The zero-order valence-corrected chi connectivity index (χ0v) is 15.6. The summed E-state index contributed by atoms with van der Waals surface area (Å²) in [5, 5.41) is 13.0. The molecule has 2 aromatic rings. The molecule has 0 radical (unpaired) electrons. The first kappa shape index (κ1) is 18.6. The Labute approximate surface area is 155 Å². The molecule has 0 amide bonds. The van der Waals surface area contributed by atoms with Crippen molar-refractivity contribution in [2.45, 2.75) is 52.0 Å². The molecule has 1 fully saturated rings. The lowest BCUT2D eigenvalue weighted by Gasteiger charge is -2.30. The third-order valence-corrected chi connectivity index (χ3v) is 4.50. The summed E-state index contributed by atoms with van der Waals surface area (Å²) in [7, 11) is 0. The van der Waals surface area contributed by atoms with Gasteiger partial charge in [0.25, 0.3) is 0 Å². The number of nitrogens with one attached hydrogen (secondary N) is 1. The molecular weight excluding hydrogens is 328 g/mol. The predicted molar refractivity (Wildman–Crippen MR) is 102 cm³/mol. The Morgan fingerprint density at radius 2 is 1.92 bits per heavy atom. The van der Waals surface area contributed by atoms with Gasteiger partial charge in [0, 0.05) is 26.2 Å². The van der Waals surface area contributed by atoms with Gasteiger partial charge in [-0.3, -0.25) is 9.88 Å². The molecule has 0 spiro atoms. The van der Waals surface area contributed by atoms with Crippen LogP contribution < -0.4 is 10.1 Å². The van der Waals surface area contributed by atoms with Gasteiger partial charge in [0.05, 0.1) is 24.6 Å². The monoisotopic (exact) mass is 356 g/mol. The molecule has 1 aliphatic rings. The summed E-state index contributed by atoms with van der Waals surface area (Å²) < 4.78 is 5.60. The second kappa shape index (κ2) is 8.96. The van der Waals surface area contributed by atoms with E-state index in [0.29, 0.717) is 18.2 Å². The maximum atomic E-state index is 9.68. The van der Waals surface area contributed by atoms with E-state index >= 15 is 0 Å².